The number of aliphatic hydroxyl groups excluding tert-OH is 1. The van der Waals surface area contributed by atoms with E-state index in [9.17, 15) is 9.50 Å². The summed E-state index contributed by atoms with van der Waals surface area (Å²) in [6.45, 7) is 0. The van der Waals surface area contributed by atoms with Gasteiger partial charge in [0.1, 0.15) is 17.6 Å². The summed E-state index contributed by atoms with van der Waals surface area (Å²) in [5.74, 6) is -0.406. The SMILES string of the molecule is COc1nccnc1C(O)c1ccc(Cl)c(F)c1. The monoisotopic (exact) mass is 268 g/mol. The minimum Gasteiger partial charge on any atom is -0.480 e. The molecule has 0 bridgehead atoms. The summed E-state index contributed by atoms with van der Waals surface area (Å²) >= 11 is 5.58. The fraction of sp³-hybridized carbons (Fsp3) is 0.167. The maximum absolute atomic E-state index is 13.3. The van der Waals surface area contributed by atoms with Crippen LogP contribution >= 0.6 is 11.6 Å². The summed E-state index contributed by atoms with van der Waals surface area (Å²) in [4.78, 5) is 7.90. The number of rotatable bonds is 3. The van der Waals surface area contributed by atoms with E-state index in [1.165, 1.54) is 31.6 Å². The topological polar surface area (TPSA) is 55.2 Å². The molecule has 1 heterocycles. The summed E-state index contributed by atoms with van der Waals surface area (Å²) in [7, 11) is 1.42. The van der Waals surface area contributed by atoms with Crippen LogP contribution in [-0.4, -0.2) is 22.2 Å². The van der Waals surface area contributed by atoms with Crippen molar-refractivity contribution in [1.29, 1.82) is 0 Å². The maximum Gasteiger partial charge on any atom is 0.238 e. The van der Waals surface area contributed by atoms with E-state index in [0.29, 0.717) is 5.56 Å². The Balaban J connectivity index is 2.41. The van der Waals surface area contributed by atoms with E-state index >= 15 is 0 Å². The Hall–Kier alpha value is -1.72. The quantitative estimate of drug-likeness (QED) is 0.928. The van der Waals surface area contributed by atoms with Gasteiger partial charge in [0.2, 0.25) is 5.88 Å². The fourth-order valence-corrected chi connectivity index (χ4v) is 1.64. The molecule has 0 aliphatic heterocycles. The molecule has 0 radical (unpaired) electrons. The highest BCUT2D eigenvalue weighted by molar-refractivity contribution is 6.30. The maximum atomic E-state index is 13.3. The minimum atomic E-state index is -1.12. The average molecular weight is 269 g/mol. The molecule has 1 aromatic carbocycles. The molecule has 0 amide bonds. The zero-order valence-corrected chi connectivity index (χ0v) is 10.2. The summed E-state index contributed by atoms with van der Waals surface area (Å²) in [5, 5.41) is 10.1. The minimum absolute atomic E-state index is 0.00272. The van der Waals surface area contributed by atoms with Gasteiger partial charge in [-0.25, -0.2) is 9.37 Å². The molecule has 94 valence electrons. The van der Waals surface area contributed by atoms with Crippen LogP contribution in [0.5, 0.6) is 5.88 Å². The molecule has 0 fully saturated rings. The third kappa shape index (κ3) is 2.42. The molecule has 0 saturated carbocycles. The van der Waals surface area contributed by atoms with Crippen molar-refractivity contribution < 1.29 is 14.2 Å². The standard InChI is InChI=1S/C12H10ClFN2O2/c1-18-12-10(15-4-5-16-12)11(17)7-2-3-8(13)9(14)6-7/h2-6,11,17H,1H3. The fourth-order valence-electron chi connectivity index (χ4n) is 1.52. The van der Waals surface area contributed by atoms with Gasteiger partial charge in [0.05, 0.1) is 12.1 Å². The number of aliphatic hydroxyl groups is 1. The lowest BCUT2D eigenvalue weighted by Crippen LogP contribution is -2.06. The van der Waals surface area contributed by atoms with Gasteiger partial charge < -0.3 is 9.84 Å². The van der Waals surface area contributed by atoms with Crippen molar-refractivity contribution in [2.75, 3.05) is 7.11 Å². The molecule has 2 rings (SSSR count). The van der Waals surface area contributed by atoms with Gasteiger partial charge in [-0.2, -0.15) is 0 Å². The Morgan fingerprint density at radius 3 is 2.72 bits per heavy atom. The normalized spacial score (nSPS) is 12.2. The van der Waals surface area contributed by atoms with E-state index in [4.69, 9.17) is 16.3 Å². The summed E-state index contributed by atoms with van der Waals surface area (Å²) in [5.41, 5.74) is 0.553. The highest BCUT2D eigenvalue weighted by Crippen LogP contribution is 2.28. The third-order valence-electron chi connectivity index (χ3n) is 2.40. The molecule has 0 aliphatic rings. The Morgan fingerprint density at radius 2 is 2.06 bits per heavy atom. The first-order chi connectivity index (χ1) is 8.63. The van der Waals surface area contributed by atoms with Crippen LogP contribution in [0, 0.1) is 5.82 Å². The second-order valence-corrected chi connectivity index (χ2v) is 3.93. The zero-order chi connectivity index (χ0) is 13.1. The molecule has 0 aliphatic carbocycles. The number of hydrogen-bond acceptors (Lipinski definition) is 4. The Labute approximate surface area is 108 Å². The number of methoxy groups -OCH3 is 1. The average Bonchev–Trinajstić information content (AvgIpc) is 2.41. The number of ether oxygens (including phenoxy) is 1. The van der Waals surface area contributed by atoms with E-state index in [-0.39, 0.29) is 16.6 Å². The number of halogens is 2. The van der Waals surface area contributed by atoms with Crippen molar-refractivity contribution in [2.24, 2.45) is 0 Å². The van der Waals surface area contributed by atoms with E-state index in [2.05, 4.69) is 9.97 Å². The lowest BCUT2D eigenvalue weighted by Gasteiger charge is -2.13. The predicted molar refractivity (Wildman–Crippen MR) is 64.1 cm³/mol. The molecule has 0 spiro atoms. The van der Waals surface area contributed by atoms with Crippen molar-refractivity contribution >= 4 is 11.6 Å². The number of aromatic nitrogens is 2. The molecule has 1 aromatic heterocycles. The van der Waals surface area contributed by atoms with E-state index in [1.54, 1.807) is 0 Å². The molecule has 1 unspecified atom stereocenters. The molecule has 1 N–H and O–H groups in total. The van der Waals surface area contributed by atoms with Gasteiger partial charge >= 0.3 is 0 Å². The van der Waals surface area contributed by atoms with Gasteiger partial charge in [-0.1, -0.05) is 17.7 Å². The van der Waals surface area contributed by atoms with Crippen LogP contribution in [0.1, 0.15) is 17.4 Å². The third-order valence-corrected chi connectivity index (χ3v) is 2.71. The Bertz CT molecular complexity index is 566. The van der Waals surface area contributed by atoms with Crippen LogP contribution in [0.3, 0.4) is 0 Å². The summed E-state index contributed by atoms with van der Waals surface area (Å²) in [6.07, 6.45) is 1.74. The molecule has 18 heavy (non-hydrogen) atoms. The van der Waals surface area contributed by atoms with Crippen molar-refractivity contribution in [3.63, 3.8) is 0 Å². The van der Waals surface area contributed by atoms with Crippen molar-refractivity contribution in [3.05, 3.63) is 52.7 Å². The summed E-state index contributed by atoms with van der Waals surface area (Å²) < 4.78 is 18.3. The van der Waals surface area contributed by atoms with Crippen molar-refractivity contribution in [1.82, 2.24) is 9.97 Å². The van der Waals surface area contributed by atoms with E-state index < -0.39 is 11.9 Å². The van der Waals surface area contributed by atoms with Crippen molar-refractivity contribution in [3.8, 4) is 5.88 Å². The van der Waals surface area contributed by atoms with Crippen LogP contribution in [0.15, 0.2) is 30.6 Å². The molecule has 0 saturated heterocycles. The molecule has 6 heteroatoms. The zero-order valence-electron chi connectivity index (χ0n) is 9.47. The van der Waals surface area contributed by atoms with Crippen LogP contribution in [-0.2, 0) is 0 Å². The van der Waals surface area contributed by atoms with Crippen LogP contribution in [0.25, 0.3) is 0 Å². The van der Waals surface area contributed by atoms with E-state index in [0.717, 1.165) is 6.07 Å². The lowest BCUT2D eigenvalue weighted by atomic mass is 10.1. The molecule has 4 nitrogen and oxygen atoms in total. The second kappa shape index (κ2) is 5.29. The largest absolute Gasteiger partial charge is 0.480 e. The van der Waals surface area contributed by atoms with Crippen LogP contribution < -0.4 is 4.74 Å². The first-order valence-corrected chi connectivity index (χ1v) is 5.49. The highest BCUT2D eigenvalue weighted by Gasteiger charge is 2.18. The van der Waals surface area contributed by atoms with E-state index in [1.807, 2.05) is 0 Å². The van der Waals surface area contributed by atoms with Gasteiger partial charge in [-0.15, -0.1) is 0 Å². The first-order valence-electron chi connectivity index (χ1n) is 5.11. The van der Waals surface area contributed by atoms with Gasteiger partial charge in [-0.3, -0.25) is 4.98 Å². The molecule has 1 atom stereocenters. The van der Waals surface area contributed by atoms with Crippen LogP contribution in [0.2, 0.25) is 5.02 Å². The Morgan fingerprint density at radius 1 is 1.33 bits per heavy atom. The van der Waals surface area contributed by atoms with Gasteiger partial charge in [0.25, 0.3) is 0 Å². The highest BCUT2D eigenvalue weighted by atomic mass is 35.5. The molecular weight excluding hydrogens is 259 g/mol. The molecular formula is C12H10ClFN2O2. The summed E-state index contributed by atoms with van der Waals surface area (Å²) in [6, 6.07) is 4.05. The smallest absolute Gasteiger partial charge is 0.238 e. The van der Waals surface area contributed by atoms with Crippen LogP contribution in [0.4, 0.5) is 4.39 Å². The lowest BCUT2D eigenvalue weighted by molar-refractivity contribution is 0.207. The number of hydrogen-bond donors (Lipinski definition) is 1. The second-order valence-electron chi connectivity index (χ2n) is 3.53. The predicted octanol–water partition coefficient (Wildman–Crippen LogP) is 2.36. The van der Waals surface area contributed by atoms with Crippen molar-refractivity contribution in [2.45, 2.75) is 6.10 Å². The van der Waals surface area contributed by atoms with Gasteiger partial charge in [0, 0.05) is 12.4 Å². The number of benzene rings is 1. The first kappa shape index (κ1) is 12.7. The van der Waals surface area contributed by atoms with Gasteiger partial charge in [-0.05, 0) is 17.7 Å². The van der Waals surface area contributed by atoms with Gasteiger partial charge in [0.15, 0.2) is 0 Å². The number of nitrogens with zero attached hydrogens (tertiary/aromatic N) is 2. The molecule has 2 aromatic rings. The Kier molecular flexibility index (Phi) is 3.74.